The molecule has 16 heavy (non-hydrogen) atoms. The summed E-state index contributed by atoms with van der Waals surface area (Å²) in [6.45, 7) is 0.382. The van der Waals surface area contributed by atoms with E-state index in [1.807, 2.05) is 0 Å². The molecule has 0 radical (unpaired) electrons. The third-order valence-corrected chi connectivity index (χ3v) is 3.28. The second kappa shape index (κ2) is 5.39. The van der Waals surface area contributed by atoms with Crippen molar-refractivity contribution in [1.29, 1.82) is 0 Å². The minimum Gasteiger partial charge on any atom is -0.467 e. The summed E-state index contributed by atoms with van der Waals surface area (Å²) >= 11 is 5.60. The molecule has 1 unspecified atom stereocenters. The van der Waals surface area contributed by atoms with Crippen molar-refractivity contribution in [3.05, 3.63) is 0 Å². The highest BCUT2D eigenvalue weighted by Crippen LogP contribution is 2.35. The van der Waals surface area contributed by atoms with Crippen molar-refractivity contribution in [1.82, 2.24) is 4.90 Å². The Balaban J connectivity index is 2.92. The molecule has 92 valence electrons. The number of rotatable bonds is 4. The first-order valence-corrected chi connectivity index (χ1v) is 5.77. The Labute approximate surface area is 99.3 Å². The topological polar surface area (TPSA) is 66.8 Å². The molecule has 0 aliphatic carbocycles. The summed E-state index contributed by atoms with van der Waals surface area (Å²) in [5, 5.41) is 9.08. The summed E-state index contributed by atoms with van der Waals surface area (Å²) < 4.78 is 4.73. The van der Waals surface area contributed by atoms with Gasteiger partial charge in [-0.2, -0.15) is 0 Å². The highest BCUT2D eigenvalue weighted by molar-refractivity contribution is 6.17. The molecular formula is C10H16ClNO4. The van der Waals surface area contributed by atoms with Gasteiger partial charge in [-0.15, -0.1) is 11.6 Å². The molecule has 1 fully saturated rings. The highest BCUT2D eigenvalue weighted by Gasteiger charge is 2.50. The van der Waals surface area contributed by atoms with E-state index >= 15 is 0 Å². The molecule has 0 saturated carbocycles. The summed E-state index contributed by atoms with van der Waals surface area (Å²) in [6, 6.07) is 0. The minimum absolute atomic E-state index is 0.382. The first-order valence-electron chi connectivity index (χ1n) is 5.23. The zero-order valence-corrected chi connectivity index (χ0v) is 10.00. The molecule has 1 atom stereocenters. The largest absolute Gasteiger partial charge is 0.467 e. The zero-order chi connectivity index (χ0) is 12.2. The summed E-state index contributed by atoms with van der Waals surface area (Å²) in [5.74, 6) is -0.0656. The lowest BCUT2D eigenvalue weighted by atomic mass is 9.91. The van der Waals surface area contributed by atoms with E-state index in [-0.39, 0.29) is 0 Å². The standard InChI is InChI=1S/C10H16ClNO4/c1-16-8(13)10(4-2-6-11)5-3-7-12(10)9(14)15/h2-7H2,1H3,(H,14,15). The van der Waals surface area contributed by atoms with Crippen LogP contribution in [0, 0.1) is 0 Å². The average molecular weight is 250 g/mol. The average Bonchev–Trinajstić information content (AvgIpc) is 2.70. The molecule has 5 nitrogen and oxygen atoms in total. The van der Waals surface area contributed by atoms with Crippen molar-refractivity contribution in [2.24, 2.45) is 0 Å². The third-order valence-electron chi connectivity index (χ3n) is 3.01. The van der Waals surface area contributed by atoms with Crippen molar-refractivity contribution < 1.29 is 19.4 Å². The Morgan fingerprint density at radius 1 is 1.56 bits per heavy atom. The molecule has 1 rings (SSSR count). The van der Waals surface area contributed by atoms with Crippen LogP contribution in [0.3, 0.4) is 0 Å². The van der Waals surface area contributed by atoms with E-state index in [9.17, 15) is 9.59 Å². The van der Waals surface area contributed by atoms with Gasteiger partial charge in [0.05, 0.1) is 7.11 Å². The van der Waals surface area contributed by atoms with Crippen molar-refractivity contribution in [3.8, 4) is 0 Å². The number of ether oxygens (including phenoxy) is 1. The monoisotopic (exact) mass is 249 g/mol. The number of carbonyl (C=O) groups is 2. The second-order valence-corrected chi connectivity index (χ2v) is 4.23. The first-order chi connectivity index (χ1) is 7.58. The predicted molar refractivity (Wildman–Crippen MR) is 58.7 cm³/mol. The van der Waals surface area contributed by atoms with Crippen LogP contribution >= 0.6 is 11.6 Å². The summed E-state index contributed by atoms with van der Waals surface area (Å²) in [4.78, 5) is 24.1. The van der Waals surface area contributed by atoms with Crippen LogP contribution in [0.25, 0.3) is 0 Å². The number of carboxylic acid groups (broad SMARTS) is 1. The number of esters is 1. The first kappa shape index (κ1) is 13.1. The lowest BCUT2D eigenvalue weighted by Crippen LogP contribution is -2.53. The van der Waals surface area contributed by atoms with Gasteiger partial charge in [0.15, 0.2) is 0 Å². The second-order valence-electron chi connectivity index (χ2n) is 3.85. The van der Waals surface area contributed by atoms with E-state index in [4.69, 9.17) is 21.4 Å². The smallest absolute Gasteiger partial charge is 0.408 e. The molecule has 0 aromatic carbocycles. The lowest BCUT2D eigenvalue weighted by Gasteiger charge is -2.33. The van der Waals surface area contributed by atoms with Gasteiger partial charge in [0.25, 0.3) is 0 Å². The van der Waals surface area contributed by atoms with Gasteiger partial charge in [-0.3, -0.25) is 4.90 Å². The zero-order valence-electron chi connectivity index (χ0n) is 9.24. The van der Waals surface area contributed by atoms with E-state index in [2.05, 4.69) is 0 Å². The van der Waals surface area contributed by atoms with Gasteiger partial charge < -0.3 is 9.84 Å². The van der Waals surface area contributed by atoms with E-state index in [0.29, 0.717) is 38.1 Å². The van der Waals surface area contributed by atoms with Gasteiger partial charge >= 0.3 is 12.1 Å². The van der Waals surface area contributed by atoms with Gasteiger partial charge in [-0.05, 0) is 25.7 Å². The fourth-order valence-corrected chi connectivity index (χ4v) is 2.41. The third kappa shape index (κ3) is 2.24. The molecule has 0 bridgehead atoms. The Kier molecular flexibility index (Phi) is 4.41. The van der Waals surface area contributed by atoms with Crippen molar-refractivity contribution >= 4 is 23.7 Å². The van der Waals surface area contributed by atoms with Gasteiger partial charge in [0, 0.05) is 12.4 Å². The van der Waals surface area contributed by atoms with Gasteiger partial charge in [0.1, 0.15) is 5.54 Å². The predicted octanol–water partition coefficient (Wildman–Crippen LogP) is 1.69. The van der Waals surface area contributed by atoms with Crippen molar-refractivity contribution in [3.63, 3.8) is 0 Å². The van der Waals surface area contributed by atoms with Crippen molar-refractivity contribution in [2.75, 3.05) is 19.5 Å². The maximum Gasteiger partial charge on any atom is 0.408 e. The number of alkyl halides is 1. The fraction of sp³-hybridized carbons (Fsp3) is 0.800. The summed E-state index contributed by atoms with van der Waals surface area (Å²) in [5.41, 5.74) is -1.02. The minimum atomic E-state index is -1.07. The number of nitrogens with zero attached hydrogens (tertiary/aromatic N) is 1. The molecule has 0 aromatic rings. The molecule has 6 heteroatoms. The molecule has 0 aromatic heterocycles. The number of methoxy groups -OCH3 is 1. The lowest BCUT2D eigenvalue weighted by molar-refractivity contribution is -0.153. The van der Waals surface area contributed by atoms with Crippen LogP contribution in [0.5, 0.6) is 0 Å². The van der Waals surface area contributed by atoms with Crippen LogP contribution < -0.4 is 0 Å². The molecule has 0 spiro atoms. The number of carbonyl (C=O) groups excluding carboxylic acids is 1. The molecule has 1 N–H and O–H groups in total. The molecule has 1 amide bonds. The highest BCUT2D eigenvalue weighted by atomic mass is 35.5. The quantitative estimate of drug-likeness (QED) is 0.608. The van der Waals surface area contributed by atoms with Crippen LogP contribution in [0.2, 0.25) is 0 Å². The van der Waals surface area contributed by atoms with Crippen LogP contribution in [-0.2, 0) is 9.53 Å². The number of hydrogen-bond donors (Lipinski definition) is 1. The number of hydrogen-bond acceptors (Lipinski definition) is 3. The molecular weight excluding hydrogens is 234 g/mol. The van der Waals surface area contributed by atoms with Crippen LogP contribution in [-0.4, -0.2) is 47.1 Å². The Bertz CT molecular complexity index is 284. The molecule has 1 heterocycles. The van der Waals surface area contributed by atoms with E-state index < -0.39 is 17.6 Å². The number of halogens is 1. The molecule has 1 aliphatic heterocycles. The Morgan fingerprint density at radius 3 is 2.75 bits per heavy atom. The maximum atomic E-state index is 11.8. The number of likely N-dealkylation sites (tertiary alicyclic amines) is 1. The fourth-order valence-electron chi connectivity index (χ4n) is 2.28. The van der Waals surface area contributed by atoms with E-state index in [1.165, 1.54) is 12.0 Å². The SMILES string of the molecule is COC(=O)C1(CCCCl)CCCN1C(=O)O. The van der Waals surface area contributed by atoms with Gasteiger partial charge in [-0.1, -0.05) is 0 Å². The molecule has 1 aliphatic rings. The van der Waals surface area contributed by atoms with Crippen LogP contribution in [0.1, 0.15) is 25.7 Å². The summed E-state index contributed by atoms with van der Waals surface area (Å²) in [6.07, 6.45) is 1.15. The normalized spacial score (nSPS) is 24.5. The Morgan fingerprint density at radius 2 is 2.25 bits per heavy atom. The van der Waals surface area contributed by atoms with Crippen LogP contribution in [0.15, 0.2) is 0 Å². The van der Waals surface area contributed by atoms with Crippen LogP contribution in [0.4, 0.5) is 4.79 Å². The summed E-state index contributed by atoms with van der Waals surface area (Å²) in [7, 11) is 1.28. The number of amides is 1. The van der Waals surface area contributed by atoms with E-state index in [1.54, 1.807) is 0 Å². The van der Waals surface area contributed by atoms with Gasteiger partial charge in [-0.25, -0.2) is 9.59 Å². The maximum absolute atomic E-state index is 11.8. The van der Waals surface area contributed by atoms with Gasteiger partial charge in [0.2, 0.25) is 0 Å². The van der Waals surface area contributed by atoms with Crippen molar-refractivity contribution in [2.45, 2.75) is 31.2 Å². The Hall–Kier alpha value is -0.970. The van der Waals surface area contributed by atoms with E-state index in [0.717, 1.165) is 0 Å². The molecule has 1 saturated heterocycles.